The summed E-state index contributed by atoms with van der Waals surface area (Å²) in [6.45, 7) is 2.18. The lowest BCUT2D eigenvalue weighted by atomic mass is 9.54. The molecule has 4 saturated carbocycles. The van der Waals surface area contributed by atoms with Crippen molar-refractivity contribution in [2.45, 2.75) is 45.1 Å². The number of hydrogen-bond donors (Lipinski definition) is 1. The van der Waals surface area contributed by atoms with E-state index >= 15 is 0 Å². The molecule has 4 aliphatic carbocycles. The molecule has 0 heterocycles. The third kappa shape index (κ3) is 1.75. The first kappa shape index (κ1) is 10.9. The number of aryl methyl sites for hydroxylation is 1. The van der Waals surface area contributed by atoms with Crippen LogP contribution in [0.5, 0.6) is 0 Å². The molecule has 1 aromatic rings. The van der Waals surface area contributed by atoms with Crippen molar-refractivity contribution in [3.05, 3.63) is 29.8 Å². The Hall–Kier alpha value is -0.980. The predicted octanol–water partition coefficient (Wildman–Crippen LogP) is 4.23. The molecule has 18 heavy (non-hydrogen) atoms. The first-order valence-corrected chi connectivity index (χ1v) is 7.61. The van der Waals surface area contributed by atoms with E-state index in [0.29, 0.717) is 0 Å². The molecule has 0 atom stereocenters. The van der Waals surface area contributed by atoms with Crippen LogP contribution >= 0.6 is 0 Å². The Bertz CT molecular complexity index is 423. The van der Waals surface area contributed by atoms with E-state index in [1.807, 2.05) is 0 Å². The van der Waals surface area contributed by atoms with Gasteiger partial charge < -0.3 is 5.32 Å². The van der Waals surface area contributed by atoms with Crippen LogP contribution in [0, 0.1) is 30.6 Å². The summed E-state index contributed by atoms with van der Waals surface area (Å²) in [6.07, 6.45) is 7.53. The summed E-state index contributed by atoms with van der Waals surface area (Å²) in [5.41, 5.74) is 2.70. The molecule has 1 N–H and O–H groups in total. The van der Waals surface area contributed by atoms with Crippen molar-refractivity contribution in [3.63, 3.8) is 0 Å². The molecule has 5 rings (SSSR count). The van der Waals surface area contributed by atoms with Gasteiger partial charge in [0.05, 0.1) is 0 Å². The summed E-state index contributed by atoms with van der Waals surface area (Å²) in [7, 11) is 0. The van der Waals surface area contributed by atoms with Gasteiger partial charge in [-0.1, -0.05) is 12.1 Å². The van der Waals surface area contributed by atoms with Gasteiger partial charge in [-0.3, -0.25) is 0 Å². The molecule has 0 aromatic heterocycles. The number of rotatable bonds is 2. The summed E-state index contributed by atoms with van der Waals surface area (Å²) in [4.78, 5) is 0. The maximum absolute atomic E-state index is 3.86. The van der Waals surface area contributed by atoms with Crippen LogP contribution in [0.3, 0.4) is 0 Å². The summed E-state index contributed by atoms with van der Waals surface area (Å²) in [6, 6.07) is 9.65. The van der Waals surface area contributed by atoms with E-state index in [1.54, 1.807) is 6.42 Å². The van der Waals surface area contributed by atoms with E-state index in [2.05, 4.69) is 36.5 Å². The zero-order valence-corrected chi connectivity index (χ0v) is 11.2. The fourth-order valence-electron chi connectivity index (χ4n) is 5.09. The van der Waals surface area contributed by atoms with Gasteiger partial charge in [-0.25, -0.2) is 0 Å². The smallest absolute Gasteiger partial charge is 0.0345 e. The van der Waals surface area contributed by atoms with Gasteiger partial charge in [0.2, 0.25) is 0 Å². The number of hydrogen-bond acceptors (Lipinski definition) is 1. The topological polar surface area (TPSA) is 12.0 Å². The van der Waals surface area contributed by atoms with Gasteiger partial charge in [0.1, 0.15) is 0 Å². The SMILES string of the molecule is Cc1cccc(NC2C3CC4CC(C3)CC2C4)c1. The van der Waals surface area contributed by atoms with Gasteiger partial charge in [-0.05, 0) is 80.4 Å². The molecule has 0 spiro atoms. The maximum atomic E-state index is 3.86. The molecular weight excluding hydrogens is 218 g/mol. The minimum Gasteiger partial charge on any atom is -0.382 e. The second-order valence-corrected chi connectivity index (χ2v) is 6.97. The fraction of sp³-hybridized carbons (Fsp3) is 0.647. The standard InChI is InChI=1S/C17H23N/c1-11-3-2-4-16(5-11)18-17-14-7-12-6-13(9-14)10-15(17)8-12/h2-5,12-15,17-18H,6-10H2,1H3. The fourth-order valence-corrected chi connectivity index (χ4v) is 5.09. The van der Waals surface area contributed by atoms with Gasteiger partial charge in [0.25, 0.3) is 0 Å². The Morgan fingerprint density at radius 1 is 0.944 bits per heavy atom. The van der Waals surface area contributed by atoms with Gasteiger partial charge in [0.15, 0.2) is 0 Å². The van der Waals surface area contributed by atoms with Gasteiger partial charge >= 0.3 is 0 Å². The minimum absolute atomic E-state index is 0.764. The molecule has 0 amide bonds. The van der Waals surface area contributed by atoms with Gasteiger partial charge in [-0.15, -0.1) is 0 Å². The van der Waals surface area contributed by atoms with Crippen LogP contribution in [0.2, 0.25) is 0 Å². The third-order valence-electron chi connectivity index (χ3n) is 5.58. The average Bonchev–Trinajstić information content (AvgIpc) is 2.33. The lowest BCUT2D eigenvalue weighted by Crippen LogP contribution is -2.51. The van der Waals surface area contributed by atoms with Gasteiger partial charge in [-0.2, -0.15) is 0 Å². The Balaban J connectivity index is 1.55. The summed E-state index contributed by atoms with van der Waals surface area (Å²) < 4.78 is 0. The molecule has 4 aliphatic rings. The van der Waals surface area contributed by atoms with Crippen molar-refractivity contribution < 1.29 is 0 Å². The van der Waals surface area contributed by atoms with E-state index in [4.69, 9.17) is 0 Å². The van der Waals surface area contributed by atoms with Crippen molar-refractivity contribution in [1.82, 2.24) is 0 Å². The van der Waals surface area contributed by atoms with Crippen LogP contribution < -0.4 is 5.32 Å². The highest BCUT2D eigenvalue weighted by Crippen LogP contribution is 2.54. The summed E-state index contributed by atoms with van der Waals surface area (Å²) in [5, 5.41) is 3.86. The molecule has 0 aliphatic heterocycles. The Labute approximate surface area is 110 Å². The highest BCUT2D eigenvalue weighted by Gasteiger charge is 2.48. The first-order chi connectivity index (χ1) is 8.78. The predicted molar refractivity (Wildman–Crippen MR) is 75.6 cm³/mol. The Kier molecular flexibility index (Phi) is 2.43. The quantitative estimate of drug-likeness (QED) is 0.817. The largest absolute Gasteiger partial charge is 0.382 e. The van der Waals surface area contributed by atoms with Crippen molar-refractivity contribution in [1.29, 1.82) is 0 Å². The van der Waals surface area contributed by atoms with Crippen molar-refractivity contribution in [2.24, 2.45) is 23.7 Å². The molecule has 0 radical (unpaired) electrons. The van der Waals surface area contributed by atoms with E-state index in [1.165, 1.54) is 36.9 Å². The van der Waals surface area contributed by atoms with E-state index in [-0.39, 0.29) is 0 Å². The third-order valence-corrected chi connectivity index (χ3v) is 5.58. The number of nitrogens with one attached hydrogen (secondary N) is 1. The highest BCUT2D eigenvalue weighted by molar-refractivity contribution is 5.46. The lowest BCUT2D eigenvalue weighted by molar-refractivity contribution is 0.00754. The number of benzene rings is 1. The molecule has 0 saturated heterocycles. The van der Waals surface area contributed by atoms with Crippen LogP contribution in [0.15, 0.2) is 24.3 Å². The molecule has 1 nitrogen and oxygen atoms in total. The van der Waals surface area contributed by atoms with Gasteiger partial charge in [0, 0.05) is 11.7 Å². The molecule has 1 aromatic carbocycles. The van der Waals surface area contributed by atoms with E-state index in [0.717, 1.165) is 29.7 Å². The molecule has 96 valence electrons. The zero-order valence-electron chi connectivity index (χ0n) is 11.2. The van der Waals surface area contributed by atoms with E-state index in [9.17, 15) is 0 Å². The molecule has 4 fully saturated rings. The molecule has 1 heteroatoms. The van der Waals surface area contributed by atoms with Crippen LogP contribution in [0.25, 0.3) is 0 Å². The van der Waals surface area contributed by atoms with Crippen LogP contribution in [-0.2, 0) is 0 Å². The minimum atomic E-state index is 0.764. The molecule has 4 bridgehead atoms. The van der Waals surface area contributed by atoms with E-state index < -0.39 is 0 Å². The number of anilines is 1. The molecular formula is C17H23N. The zero-order chi connectivity index (χ0) is 12.1. The highest BCUT2D eigenvalue weighted by atomic mass is 14.9. The van der Waals surface area contributed by atoms with Crippen LogP contribution in [0.1, 0.15) is 37.7 Å². The second kappa shape index (κ2) is 4.01. The maximum Gasteiger partial charge on any atom is 0.0345 e. The van der Waals surface area contributed by atoms with Crippen molar-refractivity contribution in [3.8, 4) is 0 Å². The monoisotopic (exact) mass is 241 g/mol. The van der Waals surface area contributed by atoms with Crippen molar-refractivity contribution in [2.75, 3.05) is 5.32 Å². The summed E-state index contributed by atoms with van der Waals surface area (Å²) >= 11 is 0. The Morgan fingerprint density at radius 2 is 1.61 bits per heavy atom. The van der Waals surface area contributed by atoms with Crippen molar-refractivity contribution >= 4 is 5.69 Å². The van der Waals surface area contributed by atoms with Crippen LogP contribution in [-0.4, -0.2) is 6.04 Å². The lowest BCUT2D eigenvalue weighted by Gasteiger charge is -2.54. The normalized spacial score (nSPS) is 41.1. The van der Waals surface area contributed by atoms with Crippen LogP contribution in [0.4, 0.5) is 5.69 Å². The molecule has 0 unspecified atom stereocenters. The average molecular weight is 241 g/mol. The second-order valence-electron chi connectivity index (χ2n) is 6.97. The first-order valence-electron chi connectivity index (χ1n) is 7.61. The summed E-state index contributed by atoms with van der Waals surface area (Å²) in [5.74, 6) is 4.06. The Morgan fingerprint density at radius 3 is 2.22 bits per heavy atom.